The number of rotatable bonds is 3. The maximum Gasteiger partial charge on any atom is 0.0546 e. The predicted octanol–water partition coefficient (Wildman–Crippen LogP) is 10.1. The Morgan fingerprint density at radius 1 is 0.361 bits per heavy atom. The second-order valence-corrected chi connectivity index (χ2v) is 9.44. The van der Waals surface area contributed by atoms with Gasteiger partial charge in [-0.05, 0) is 63.0 Å². The Labute approximate surface area is 210 Å². The summed E-state index contributed by atoms with van der Waals surface area (Å²) in [6, 6.07) is 48.4. The van der Waals surface area contributed by atoms with Crippen LogP contribution in [0.1, 0.15) is 5.56 Å². The second-order valence-electron chi connectivity index (χ2n) is 9.44. The van der Waals surface area contributed by atoms with Crippen LogP contribution in [0.4, 0.5) is 17.1 Å². The molecule has 7 aromatic rings. The number of benzene rings is 7. The molecule has 0 fully saturated rings. The lowest BCUT2D eigenvalue weighted by Gasteiger charge is -2.30. The summed E-state index contributed by atoms with van der Waals surface area (Å²) >= 11 is 0. The molecule has 7 aromatic carbocycles. The van der Waals surface area contributed by atoms with Crippen LogP contribution in [0.15, 0.2) is 133 Å². The highest BCUT2D eigenvalue weighted by molar-refractivity contribution is 6.18. The molecule has 0 aliphatic rings. The van der Waals surface area contributed by atoms with E-state index in [4.69, 9.17) is 0 Å². The Bertz CT molecular complexity index is 1910. The van der Waals surface area contributed by atoms with Crippen LogP contribution >= 0.6 is 0 Å². The maximum absolute atomic E-state index is 2.46. The van der Waals surface area contributed by atoms with Crippen LogP contribution in [-0.4, -0.2) is 0 Å². The van der Waals surface area contributed by atoms with Gasteiger partial charge in [0.2, 0.25) is 0 Å². The number of hydrogen-bond donors (Lipinski definition) is 0. The Morgan fingerprint density at radius 3 is 1.78 bits per heavy atom. The van der Waals surface area contributed by atoms with E-state index in [-0.39, 0.29) is 0 Å². The predicted molar refractivity (Wildman–Crippen MR) is 156 cm³/mol. The van der Waals surface area contributed by atoms with E-state index >= 15 is 0 Å². The second kappa shape index (κ2) is 8.25. The van der Waals surface area contributed by atoms with E-state index in [0.29, 0.717) is 0 Å². The molecule has 0 aromatic heterocycles. The number of fused-ring (bicyclic) bond motifs is 6. The van der Waals surface area contributed by atoms with Crippen molar-refractivity contribution in [1.29, 1.82) is 0 Å². The number of para-hydroxylation sites is 1. The lowest BCUT2D eigenvalue weighted by molar-refractivity contribution is 1.27. The maximum atomic E-state index is 2.46. The summed E-state index contributed by atoms with van der Waals surface area (Å²) in [5, 5.41) is 10.1. The van der Waals surface area contributed by atoms with Gasteiger partial charge in [0.25, 0.3) is 0 Å². The van der Waals surface area contributed by atoms with Gasteiger partial charge in [0.05, 0.1) is 11.4 Å². The average molecular weight is 460 g/mol. The molecule has 0 amide bonds. The minimum Gasteiger partial charge on any atom is -0.309 e. The molecule has 0 spiro atoms. The van der Waals surface area contributed by atoms with Crippen molar-refractivity contribution >= 4 is 60.2 Å². The van der Waals surface area contributed by atoms with Crippen LogP contribution in [0.25, 0.3) is 43.1 Å². The molecule has 1 heteroatoms. The SMILES string of the molecule is Cc1ccccc1N(c1cccc2c1ccc1ccccc12)c1cccc2ccc3ccccc3c12. The van der Waals surface area contributed by atoms with Crippen molar-refractivity contribution in [2.24, 2.45) is 0 Å². The molecular weight excluding hydrogens is 434 g/mol. The van der Waals surface area contributed by atoms with E-state index in [2.05, 4.69) is 145 Å². The van der Waals surface area contributed by atoms with Crippen molar-refractivity contribution in [2.45, 2.75) is 6.92 Å². The molecule has 0 unspecified atom stereocenters. The Kier molecular flexibility index (Phi) is 4.75. The molecule has 0 atom stereocenters. The Morgan fingerprint density at radius 2 is 0.917 bits per heavy atom. The summed E-state index contributed by atoms with van der Waals surface area (Å²) in [6.07, 6.45) is 0. The molecule has 0 aliphatic heterocycles. The zero-order valence-electron chi connectivity index (χ0n) is 20.1. The van der Waals surface area contributed by atoms with E-state index in [1.165, 1.54) is 65.7 Å². The molecule has 0 N–H and O–H groups in total. The highest BCUT2D eigenvalue weighted by atomic mass is 15.1. The molecule has 0 aliphatic carbocycles. The normalized spacial score (nSPS) is 11.5. The molecule has 0 bridgehead atoms. The van der Waals surface area contributed by atoms with Crippen LogP contribution in [0, 0.1) is 6.92 Å². The molecule has 36 heavy (non-hydrogen) atoms. The average Bonchev–Trinajstić information content (AvgIpc) is 2.94. The van der Waals surface area contributed by atoms with E-state index in [1.807, 2.05) is 0 Å². The molecule has 170 valence electrons. The van der Waals surface area contributed by atoms with Gasteiger partial charge < -0.3 is 4.90 Å². The van der Waals surface area contributed by atoms with Crippen LogP contribution < -0.4 is 4.90 Å². The number of hydrogen-bond acceptors (Lipinski definition) is 1. The lowest BCUT2D eigenvalue weighted by Crippen LogP contribution is -2.12. The fourth-order valence-corrected chi connectivity index (χ4v) is 5.65. The third-order valence-corrected chi connectivity index (χ3v) is 7.35. The van der Waals surface area contributed by atoms with E-state index in [0.717, 1.165) is 0 Å². The molecule has 0 heterocycles. The zero-order valence-corrected chi connectivity index (χ0v) is 20.1. The molecular formula is C35H25N. The highest BCUT2D eigenvalue weighted by Gasteiger charge is 2.20. The smallest absolute Gasteiger partial charge is 0.0546 e. The van der Waals surface area contributed by atoms with Gasteiger partial charge in [0.15, 0.2) is 0 Å². The summed E-state index contributed by atoms with van der Waals surface area (Å²) in [7, 11) is 0. The van der Waals surface area contributed by atoms with Crippen LogP contribution in [0.5, 0.6) is 0 Å². The molecule has 0 radical (unpaired) electrons. The largest absolute Gasteiger partial charge is 0.309 e. The number of anilines is 3. The van der Waals surface area contributed by atoms with Gasteiger partial charge in [-0.15, -0.1) is 0 Å². The quantitative estimate of drug-likeness (QED) is 0.238. The van der Waals surface area contributed by atoms with Crippen LogP contribution in [-0.2, 0) is 0 Å². The zero-order chi connectivity index (χ0) is 24.1. The molecule has 1 nitrogen and oxygen atoms in total. The third kappa shape index (κ3) is 3.17. The van der Waals surface area contributed by atoms with Crippen LogP contribution in [0.2, 0.25) is 0 Å². The fourth-order valence-electron chi connectivity index (χ4n) is 5.65. The first kappa shape index (κ1) is 20.7. The van der Waals surface area contributed by atoms with Crippen molar-refractivity contribution in [1.82, 2.24) is 0 Å². The van der Waals surface area contributed by atoms with E-state index in [9.17, 15) is 0 Å². The minimum atomic E-state index is 1.19. The number of nitrogens with zero attached hydrogens (tertiary/aromatic N) is 1. The summed E-state index contributed by atoms with van der Waals surface area (Å²) in [5.74, 6) is 0. The summed E-state index contributed by atoms with van der Waals surface area (Å²) < 4.78 is 0. The third-order valence-electron chi connectivity index (χ3n) is 7.35. The van der Waals surface area contributed by atoms with Gasteiger partial charge in [-0.3, -0.25) is 0 Å². The summed E-state index contributed by atoms with van der Waals surface area (Å²) in [5.41, 5.74) is 4.82. The summed E-state index contributed by atoms with van der Waals surface area (Å²) in [4.78, 5) is 2.46. The molecule has 0 saturated carbocycles. The topological polar surface area (TPSA) is 3.24 Å². The molecule has 0 saturated heterocycles. The first-order valence-electron chi connectivity index (χ1n) is 12.5. The fraction of sp³-hybridized carbons (Fsp3) is 0.0286. The van der Waals surface area contributed by atoms with Gasteiger partial charge in [0, 0.05) is 16.5 Å². The first-order valence-corrected chi connectivity index (χ1v) is 12.5. The van der Waals surface area contributed by atoms with E-state index in [1.54, 1.807) is 0 Å². The van der Waals surface area contributed by atoms with E-state index < -0.39 is 0 Å². The van der Waals surface area contributed by atoms with Crippen molar-refractivity contribution < 1.29 is 0 Å². The van der Waals surface area contributed by atoms with Gasteiger partial charge in [0.1, 0.15) is 0 Å². The minimum absolute atomic E-state index is 1.19. The molecule has 7 rings (SSSR count). The van der Waals surface area contributed by atoms with Gasteiger partial charge in [-0.2, -0.15) is 0 Å². The summed E-state index contributed by atoms with van der Waals surface area (Å²) in [6.45, 7) is 2.20. The van der Waals surface area contributed by atoms with Gasteiger partial charge in [-0.25, -0.2) is 0 Å². The monoisotopic (exact) mass is 459 g/mol. The number of aryl methyl sites for hydroxylation is 1. The van der Waals surface area contributed by atoms with Crippen molar-refractivity contribution in [3.63, 3.8) is 0 Å². The van der Waals surface area contributed by atoms with Crippen LogP contribution in [0.3, 0.4) is 0 Å². The van der Waals surface area contributed by atoms with Crippen molar-refractivity contribution in [3.8, 4) is 0 Å². The first-order chi connectivity index (χ1) is 17.8. The van der Waals surface area contributed by atoms with Crippen molar-refractivity contribution in [2.75, 3.05) is 4.90 Å². The Balaban J connectivity index is 1.63. The van der Waals surface area contributed by atoms with Crippen molar-refractivity contribution in [3.05, 3.63) is 139 Å². The van der Waals surface area contributed by atoms with Gasteiger partial charge >= 0.3 is 0 Å². The highest BCUT2D eigenvalue weighted by Crippen LogP contribution is 2.45. The van der Waals surface area contributed by atoms with Gasteiger partial charge in [-0.1, -0.05) is 115 Å². The standard InChI is InChI=1S/C35H25N/c1-24-10-2-7-17-32(24)36(33-18-9-16-30-28-14-5-3-11-25(28)22-23-31(30)33)34-19-8-13-27-21-20-26-12-4-6-15-29(26)35(27)34/h2-23H,1H3. The lowest BCUT2D eigenvalue weighted by atomic mass is 9.97. The Hall–Kier alpha value is -4.62.